The van der Waals surface area contributed by atoms with E-state index in [0.29, 0.717) is 0 Å². The highest BCUT2D eigenvalue weighted by Crippen LogP contribution is 1.79. The Hall–Kier alpha value is -1.25. The van der Waals surface area contributed by atoms with Crippen molar-refractivity contribution < 1.29 is 0 Å². The lowest BCUT2D eigenvalue weighted by Crippen LogP contribution is -1.74. The van der Waals surface area contributed by atoms with Gasteiger partial charge in [-0.15, -0.1) is 0 Å². The molecule has 0 atom stereocenters. The van der Waals surface area contributed by atoms with Gasteiger partial charge in [0.15, 0.2) is 0 Å². The number of hydrogen-bond donors (Lipinski definition) is 0. The van der Waals surface area contributed by atoms with Crippen LogP contribution in [0, 0.1) is 0 Å². The molecule has 0 N–H and O–H groups in total. The fourth-order valence-corrected chi connectivity index (χ4v) is 0.365. The Labute approximate surface area is 67.3 Å². The highest BCUT2D eigenvalue weighted by Gasteiger charge is 1.68. The maximum atomic E-state index is 3.99. The monoisotopic (exact) mass is 151 g/mol. The van der Waals surface area contributed by atoms with E-state index < -0.39 is 0 Å². The Balaban J connectivity index is 3.69. The predicted octanol–water partition coefficient (Wildman–Crippen LogP) is 2.06. The van der Waals surface area contributed by atoms with Crippen LogP contribution in [0.3, 0.4) is 0 Å². The lowest BCUT2D eigenvalue weighted by molar-refractivity contribution is 1.44. The van der Waals surface area contributed by atoms with Crippen LogP contribution in [-0.2, 0) is 0 Å². The van der Waals surface area contributed by atoms with Crippen molar-refractivity contribution in [1.29, 1.82) is 0 Å². The molecule has 0 aromatic heterocycles. The molecule has 11 heavy (non-hydrogen) atoms. The molecule has 0 amide bonds. The first-order valence-corrected chi connectivity index (χ1v) is 3.43. The van der Waals surface area contributed by atoms with Crippen LogP contribution in [0.4, 0.5) is 0 Å². The molecule has 3 nitrogen and oxygen atoms in total. The predicted molar refractivity (Wildman–Crippen MR) is 50.6 cm³/mol. The number of aliphatic imine (C=N–C) groups is 3. The Bertz CT molecular complexity index is 195. The van der Waals surface area contributed by atoms with Gasteiger partial charge in [-0.25, -0.2) is 9.98 Å². The molecule has 0 aromatic rings. The third-order valence-electron chi connectivity index (χ3n) is 0.768. The summed E-state index contributed by atoms with van der Waals surface area (Å²) in [5.74, 6) is 0. The third kappa shape index (κ3) is 8.75. The molecule has 0 fully saturated rings. The topological polar surface area (TPSA) is 37.1 Å². The van der Waals surface area contributed by atoms with E-state index in [4.69, 9.17) is 0 Å². The molecule has 0 saturated heterocycles. The van der Waals surface area contributed by atoms with Gasteiger partial charge in [0.25, 0.3) is 0 Å². The summed E-state index contributed by atoms with van der Waals surface area (Å²) >= 11 is 0. The molecule has 0 rings (SSSR count). The van der Waals surface area contributed by atoms with Gasteiger partial charge in [0.2, 0.25) is 0 Å². The molecule has 60 valence electrons. The van der Waals surface area contributed by atoms with E-state index in [1.165, 1.54) is 6.34 Å². The van der Waals surface area contributed by atoms with Crippen molar-refractivity contribution in [1.82, 2.24) is 0 Å². The standard InChI is InChI=1S/C8H13N3/c1-4-9-7-10-5-6-11-8(2)3/h4-7H,1-3H3/b6-5+,9-4+,10-7-. The second-order valence-electron chi connectivity index (χ2n) is 2.05. The SMILES string of the molecule is C/C=N/C=N\C=C\N=C(C)C. The van der Waals surface area contributed by atoms with Crippen LogP contribution in [0.5, 0.6) is 0 Å². The molecule has 0 aliphatic rings. The van der Waals surface area contributed by atoms with Crippen molar-refractivity contribution in [3.05, 3.63) is 12.4 Å². The first-order chi connectivity index (χ1) is 5.27. The fourth-order valence-electron chi connectivity index (χ4n) is 0.365. The smallest absolute Gasteiger partial charge is 0.114 e. The van der Waals surface area contributed by atoms with E-state index in [-0.39, 0.29) is 0 Å². The molecule has 0 spiro atoms. The molecule has 0 aliphatic heterocycles. The van der Waals surface area contributed by atoms with Crippen LogP contribution in [0.15, 0.2) is 27.4 Å². The van der Waals surface area contributed by atoms with Gasteiger partial charge in [-0.2, -0.15) is 0 Å². The quantitative estimate of drug-likeness (QED) is 0.437. The molecule has 0 unspecified atom stereocenters. The van der Waals surface area contributed by atoms with Gasteiger partial charge >= 0.3 is 0 Å². The van der Waals surface area contributed by atoms with Crippen LogP contribution in [0.1, 0.15) is 20.8 Å². The zero-order valence-electron chi connectivity index (χ0n) is 7.15. The van der Waals surface area contributed by atoms with E-state index in [9.17, 15) is 0 Å². The van der Waals surface area contributed by atoms with Crippen molar-refractivity contribution in [3.8, 4) is 0 Å². The lowest BCUT2D eigenvalue weighted by atomic mass is 10.5. The Morgan fingerprint density at radius 1 is 1.09 bits per heavy atom. The summed E-state index contributed by atoms with van der Waals surface area (Å²) in [6.45, 7) is 5.70. The summed E-state index contributed by atoms with van der Waals surface area (Å²) in [7, 11) is 0. The first kappa shape index (κ1) is 9.75. The second kappa shape index (κ2) is 6.86. The van der Waals surface area contributed by atoms with Crippen LogP contribution in [0.2, 0.25) is 0 Å². The van der Waals surface area contributed by atoms with Crippen LogP contribution in [-0.4, -0.2) is 18.3 Å². The summed E-state index contributed by atoms with van der Waals surface area (Å²) in [5, 5.41) is 0. The van der Waals surface area contributed by atoms with E-state index in [2.05, 4.69) is 15.0 Å². The number of rotatable bonds is 3. The van der Waals surface area contributed by atoms with Crippen molar-refractivity contribution in [3.63, 3.8) is 0 Å². The number of hydrogen-bond acceptors (Lipinski definition) is 2. The van der Waals surface area contributed by atoms with Crippen LogP contribution >= 0.6 is 0 Å². The second-order valence-corrected chi connectivity index (χ2v) is 2.05. The third-order valence-corrected chi connectivity index (χ3v) is 0.768. The lowest BCUT2D eigenvalue weighted by Gasteiger charge is -1.79. The fraction of sp³-hybridized carbons (Fsp3) is 0.375. The highest BCUT2D eigenvalue weighted by atomic mass is 14.8. The minimum Gasteiger partial charge on any atom is -0.265 e. The van der Waals surface area contributed by atoms with Crippen molar-refractivity contribution in [2.24, 2.45) is 15.0 Å². The summed E-state index contributed by atoms with van der Waals surface area (Å²) in [6, 6.07) is 0. The zero-order chi connectivity index (χ0) is 8.53. The molecule has 0 bridgehead atoms. The van der Waals surface area contributed by atoms with E-state index in [1.807, 2.05) is 20.8 Å². The minimum atomic E-state index is 1.01. The Morgan fingerprint density at radius 3 is 2.36 bits per heavy atom. The average Bonchev–Trinajstić information content (AvgIpc) is 1.96. The van der Waals surface area contributed by atoms with Gasteiger partial charge in [0.1, 0.15) is 6.34 Å². The van der Waals surface area contributed by atoms with Crippen molar-refractivity contribution >= 4 is 18.3 Å². The molecule has 0 aromatic carbocycles. The van der Waals surface area contributed by atoms with Crippen molar-refractivity contribution in [2.75, 3.05) is 0 Å². The molecule has 0 saturated carbocycles. The van der Waals surface area contributed by atoms with Gasteiger partial charge in [-0.1, -0.05) is 0 Å². The average molecular weight is 151 g/mol. The van der Waals surface area contributed by atoms with Crippen molar-refractivity contribution in [2.45, 2.75) is 20.8 Å². The molecule has 0 radical (unpaired) electrons. The summed E-state index contributed by atoms with van der Waals surface area (Å²) in [5.41, 5.74) is 1.01. The highest BCUT2D eigenvalue weighted by molar-refractivity contribution is 5.79. The summed E-state index contributed by atoms with van der Waals surface area (Å²) in [4.78, 5) is 11.6. The first-order valence-electron chi connectivity index (χ1n) is 3.43. The largest absolute Gasteiger partial charge is 0.265 e. The molecule has 3 heteroatoms. The normalized spacial score (nSPS) is 11.9. The van der Waals surface area contributed by atoms with Gasteiger partial charge in [0, 0.05) is 24.3 Å². The zero-order valence-corrected chi connectivity index (χ0v) is 7.15. The van der Waals surface area contributed by atoms with Crippen LogP contribution < -0.4 is 0 Å². The Kier molecular flexibility index (Phi) is 6.08. The van der Waals surface area contributed by atoms with Crippen LogP contribution in [0.25, 0.3) is 0 Å². The molecular formula is C8H13N3. The molecule has 0 heterocycles. The maximum absolute atomic E-state index is 3.99. The van der Waals surface area contributed by atoms with Gasteiger partial charge < -0.3 is 0 Å². The van der Waals surface area contributed by atoms with E-state index in [0.717, 1.165) is 5.71 Å². The van der Waals surface area contributed by atoms with Gasteiger partial charge in [-0.3, -0.25) is 4.99 Å². The van der Waals surface area contributed by atoms with E-state index in [1.54, 1.807) is 18.6 Å². The van der Waals surface area contributed by atoms with Gasteiger partial charge in [-0.05, 0) is 20.8 Å². The summed E-state index contributed by atoms with van der Waals surface area (Å²) in [6.07, 6.45) is 6.37. The van der Waals surface area contributed by atoms with Gasteiger partial charge in [0.05, 0.1) is 0 Å². The maximum Gasteiger partial charge on any atom is 0.114 e. The minimum absolute atomic E-state index is 1.01. The Morgan fingerprint density at radius 2 is 1.82 bits per heavy atom. The van der Waals surface area contributed by atoms with E-state index >= 15 is 0 Å². The summed E-state index contributed by atoms with van der Waals surface area (Å²) < 4.78 is 0. The molecule has 0 aliphatic carbocycles. The molecular weight excluding hydrogens is 138 g/mol. The number of nitrogens with zero attached hydrogens (tertiary/aromatic N) is 3.